The maximum atomic E-state index is 12.7. The van der Waals surface area contributed by atoms with Gasteiger partial charge < -0.3 is 19.5 Å². The summed E-state index contributed by atoms with van der Waals surface area (Å²) in [6.07, 6.45) is -5.72. The van der Waals surface area contributed by atoms with Gasteiger partial charge in [-0.25, -0.2) is 9.59 Å². The van der Waals surface area contributed by atoms with E-state index in [1.165, 1.54) is 6.07 Å². The molecule has 2 aromatic carbocycles. The first-order valence-corrected chi connectivity index (χ1v) is 10.6. The van der Waals surface area contributed by atoms with Gasteiger partial charge in [0.2, 0.25) is 0 Å². The monoisotopic (exact) mass is 487 g/mol. The van der Waals surface area contributed by atoms with Crippen LogP contribution in [0, 0.1) is 0 Å². The summed E-state index contributed by atoms with van der Waals surface area (Å²) in [4.78, 5) is 22.7. The van der Waals surface area contributed by atoms with Crippen LogP contribution in [0.2, 0.25) is 5.02 Å². The van der Waals surface area contributed by atoms with Gasteiger partial charge in [-0.2, -0.15) is 13.2 Å². The molecule has 0 heterocycles. The van der Waals surface area contributed by atoms with Gasteiger partial charge in [-0.05, 0) is 55.7 Å². The lowest BCUT2D eigenvalue weighted by Gasteiger charge is -2.22. The Bertz CT molecular complexity index is 921. The highest BCUT2D eigenvalue weighted by atomic mass is 35.5. The van der Waals surface area contributed by atoms with Crippen molar-refractivity contribution in [2.24, 2.45) is 0 Å². The number of carbonyl (C=O) groups is 2. The maximum absolute atomic E-state index is 12.7. The zero-order valence-electron chi connectivity index (χ0n) is 18.2. The van der Waals surface area contributed by atoms with Crippen molar-refractivity contribution in [2.75, 3.05) is 19.8 Å². The Morgan fingerprint density at radius 1 is 1.12 bits per heavy atom. The summed E-state index contributed by atoms with van der Waals surface area (Å²) < 4.78 is 52.9. The second kappa shape index (κ2) is 12.5. The molecule has 0 aliphatic carbocycles. The number of benzene rings is 2. The van der Waals surface area contributed by atoms with Crippen molar-refractivity contribution in [1.29, 1.82) is 0 Å². The lowest BCUT2D eigenvalue weighted by Crippen LogP contribution is -2.35. The van der Waals surface area contributed by atoms with Gasteiger partial charge in [-0.15, -0.1) is 0 Å². The lowest BCUT2D eigenvalue weighted by molar-refractivity contribution is -0.205. The van der Waals surface area contributed by atoms with Crippen LogP contribution in [0.1, 0.15) is 31.1 Å². The zero-order chi connectivity index (χ0) is 24.4. The number of ether oxygens (including phenoxy) is 3. The second-order valence-corrected chi connectivity index (χ2v) is 7.63. The van der Waals surface area contributed by atoms with Gasteiger partial charge in [0, 0.05) is 17.6 Å². The van der Waals surface area contributed by atoms with Crippen molar-refractivity contribution in [2.45, 2.75) is 38.6 Å². The fourth-order valence-corrected chi connectivity index (χ4v) is 3.13. The van der Waals surface area contributed by atoms with E-state index in [1.807, 2.05) is 19.1 Å². The summed E-state index contributed by atoms with van der Waals surface area (Å²) in [6.45, 7) is 3.61. The topological polar surface area (TPSA) is 73.9 Å². The van der Waals surface area contributed by atoms with Gasteiger partial charge in [0.25, 0.3) is 0 Å². The maximum Gasteiger partial charge on any atom is 0.490 e. The van der Waals surface area contributed by atoms with E-state index < -0.39 is 24.2 Å². The van der Waals surface area contributed by atoms with Gasteiger partial charge in [-0.3, -0.25) is 0 Å². The van der Waals surface area contributed by atoms with E-state index in [4.69, 9.17) is 25.8 Å². The zero-order valence-corrected chi connectivity index (χ0v) is 18.9. The van der Waals surface area contributed by atoms with E-state index in [0.29, 0.717) is 22.8 Å². The lowest BCUT2D eigenvalue weighted by atomic mass is 10.1. The van der Waals surface area contributed by atoms with Crippen molar-refractivity contribution in [3.05, 3.63) is 64.7 Å². The minimum absolute atomic E-state index is 0.0376. The summed E-state index contributed by atoms with van der Waals surface area (Å²) in [5.41, 5.74) is 1.29. The van der Waals surface area contributed by atoms with Crippen molar-refractivity contribution in [3.63, 3.8) is 0 Å². The number of nitrogens with one attached hydrogen (secondary N) is 1. The van der Waals surface area contributed by atoms with Crippen molar-refractivity contribution in [1.82, 2.24) is 5.32 Å². The van der Waals surface area contributed by atoms with Crippen LogP contribution >= 0.6 is 11.6 Å². The number of halogens is 4. The molecular formula is C23H25ClF3NO5. The van der Waals surface area contributed by atoms with E-state index in [9.17, 15) is 22.8 Å². The van der Waals surface area contributed by atoms with E-state index in [-0.39, 0.29) is 25.8 Å². The number of carbonyl (C=O) groups excluding carboxylic acids is 2. The van der Waals surface area contributed by atoms with Crippen molar-refractivity contribution < 1.29 is 37.0 Å². The number of rotatable bonds is 11. The van der Waals surface area contributed by atoms with Gasteiger partial charge in [0.1, 0.15) is 11.9 Å². The fourth-order valence-electron chi connectivity index (χ4n) is 2.93. The Morgan fingerprint density at radius 3 is 2.42 bits per heavy atom. The van der Waals surface area contributed by atoms with Crippen LogP contribution in [-0.2, 0) is 25.5 Å². The molecule has 2 atom stereocenters. The first kappa shape index (κ1) is 26.5. The number of hydrogen-bond donors (Lipinski definition) is 1. The van der Waals surface area contributed by atoms with E-state index in [1.54, 1.807) is 37.3 Å². The predicted molar refractivity (Wildman–Crippen MR) is 116 cm³/mol. The minimum Gasteiger partial charge on any atom is -0.482 e. The van der Waals surface area contributed by atoms with E-state index in [2.05, 4.69) is 5.32 Å². The molecule has 2 unspecified atom stereocenters. The average Bonchev–Trinajstić information content (AvgIpc) is 2.75. The highest BCUT2D eigenvalue weighted by molar-refractivity contribution is 6.30. The molecule has 33 heavy (non-hydrogen) atoms. The molecule has 0 spiro atoms. The smallest absolute Gasteiger partial charge is 0.482 e. The number of hydrogen-bond acceptors (Lipinski definition) is 6. The highest BCUT2D eigenvalue weighted by Gasteiger charge is 2.42. The summed E-state index contributed by atoms with van der Waals surface area (Å²) >= 11 is 5.93. The fraction of sp³-hybridized carbons (Fsp3) is 0.391. The van der Waals surface area contributed by atoms with E-state index >= 15 is 0 Å². The van der Waals surface area contributed by atoms with Crippen LogP contribution in [-0.4, -0.2) is 43.9 Å². The first-order chi connectivity index (χ1) is 15.6. The molecule has 0 aliphatic rings. The molecule has 0 aromatic heterocycles. The summed E-state index contributed by atoms with van der Waals surface area (Å²) in [7, 11) is 0. The van der Waals surface area contributed by atoms with Crippen LogP contribution in [0.25, 0.3) is 0 Å². The van der Waals surface area contributed by atoms with Crippen LogP contribution in [0.4, 0.5) is 13.2 Å². The van der Waals surface area contributed by atoms with Gasteiger partial charge >= 0.3 is 18.1 Å². The summed E-state index contributed by atoms with van der Waals surface area (Å²) in [6, 6.07) is 13.0. The molecule has 180 valence electrons. The Balaban J connectivity index is 1.94. The van der Waals surface area contributed by atoms with Gasteiger partial charge in [0.05, 0.1) is 6.61 Å². The standard InChI is InChI=1S/C23H25ClF3NO5/c1-3-31-21(29)14-32-19-9-7-16(8-10-19)11-15(2)28-13-20(33-22(30)23(25,26)27)17-5-4-6-18(24)12-17/h4-10,12,15,20,28H,3,11,13-14H2,1-2H3. The van der Waals surface area contributed by atoms with Crippen LogP contribution in [0.3, 0.4) is 0 Å². The summed E-state index contributed by atoms with van der Waals surface area (Å²) in [5, 5.41) is 3.41. The predicted octanol–water partition coefficient (Wildman–Crippen LogP) is 4.65. The molecule has 1 N–H and O–H groups in total. The van der Waals surface area contributed by atoms with Crippen LogP contribution < -0.4 is 10.1 Å². The Kier molecular flexibility index (Phi) is 9.99. The molecule has 2 aromatic rings. The molecule has 0 fully saturated rings. The third kappa shape index (κ3) is 9.31. The van der Waals surface area contributed by atoms with Gasteiger partial charge in [0.15, 0.2) is 6.61 Å². The quantitative estimate of drug-likeness (QED) is 0.465. The molecule has 2 rings (SSSR count). The van der Waals surface area contributed by atoms with Crippen LogP contribution in [0.5, 0.6) is 5.75 Å². The third-order valence-corrected chi connectivity index (χ3v) is 4.72. The SMILES string of the molecule is CCOC(=O)COc1ccc(CC(C)NCC(OC(=O)C(F)(F)F)c2cccc(Cl)c2)cc1. The first-order valence-electron chi connectivity index (χ1n) is 10.2. The molecule has 0 bridgehead atoms. The van der Waals surface area contributed by atoms with Gasteiger partial charge in [-0.1, -0.05) is 35.9 Å². The molecule has 0 amide bonds. The molecular weight excluding hydrogens is 463 g/mol. The average molecular weight is 488 g/mol. The highest BCUT2D eigenvalue weighted by Crippen LogP contribution is 2.25. The Morgan fingerprint density at radius 2 is 1.82 bits per heavy atom. The van der Waals surface area contributed by atoms with E-state index in [0.717, 1.165) is 5.56 Å². The van der Waals surface area contributed by atoms with Crippen molar-refractivity contribution >= 4 is 23.5 Å². The third-order valence-electron chi connectivity index (χ3n) is 4.48. The Labute approximate surface area is 195 Å². The molecule has 0 saturated carbocycles. The molecule has 6 nitrogen and oxygen atoms in total. The molecule has 0 radical (unpaired) electrons. The largest absolute Gasteiger partial charge is 0.490 e. The van der Waals surface area contributed by atoms with Crippen molar-refractivity contribution in [3.8, 4) is 5.75 Å². The number of alkyl halides is 3. The van der Waals surface area contributed by atoms with Crippen LogP contribution in [0.15, 0.2) is 48.5 Å². The Hall–Kier alpha value is -2.78. The normalized spacial score (nSPS) is 13.2. The minimum atomic E-state index is -5.10. The summed E-state index contributed by atoms with van der Waals surface area (Å²) in [5.74, 6) is -2.22. The second-order valence-electron chi connectivity index (χ2n) is 7.20. The molecule has 0 saturated heterocycles. The number of esters is 2. The molecule has 0 aliphatic heterocycles. The molecule has 10 heteroatoms.